The Kier molecular flexibility index (Phi) is 3.44. The minimum Gasteiger partial charge on any atom is -0.482 e. The zero-order valence-corrected chi connectivity index (χ0v) is 10.2. The first kappa shape index (κ1) is 11.7. The van der Waals surface area contributed by atoms with Gasteiger partial charge in [0.05, 0.1) is 4.88 Å². The predicted octanol–water partition coefficient (Wildman–Crippen LogP) is 2.98. The number of benzene rings is 1. The fourth-order valence-corrected chi connectivity index (χ4v) is 2.21. The van der Waals surface area contributed by atoms with Gasteiger partial charge >= 0.3 is 0 Å². The molecule has 4 heteroatoms. The van der Waals surface area contributed by atoms with Crippen molar-refractivity contribution in [2.45, 2.75) is 13.0 Å². The van der Waals surface area contributed by atoms with Gasteiger partial charge in [-0.15, -0.1) is 11.3 Å². The zero-order chi connectivity index (χ0) is 12.3. The minimum atomic E-state index is -0.504. The third-order valence-electron chi connectivity index (χ3n) is 2.30. The molecular formula is C13H13NO2S. The summed E-state index contributed by atoms with van der Waals surface area (Å²) in [5.41, 5.74) is 6.27. The van der Waals surface area contributed by atoms with Crippen LogP contribution in [0.4, 0.5) is 5.69 Å². The van der Waals surface area contributed by atoms with Gasteiger partial charge in [-0.1, -0.05) is 12.1 Å². The molecule has 2 aromatic rings. The molecule has 0 aliphatic rings. The van der Waals surface area contributed by atoms with Crippen molar-refractivity contribution in [1.29, 1.82) is 0 Å². The summed E-state index contributed by atoms with van der Waals surface area (Å²) in [6.45, 7) is 1.74. The van der Waals surface area contributed by atoms with E-state index in [0.29, 0.717) is 16.3 Å². The Hall–Kier alpha value is -1.81. The van der Waals surface area contributed by atoms with Crippen molar-refractivity contribution in [3.63, 3.8) is 0 Å². The second-order valence-corrected chi connectivity index (χ2v) is 4.62. The van der Waals surface area contributed by atoms with Crippen LogP contribution in [0.1, 0.15) is 16.6 Å². The first-order chi connectivity index (χ1) is 8.16. The van der Waals surface area contributed by atoms with E-state index in [1.807, 2.05) is 11.4 Å². The molecule has 0 radical (unpaired) electrons. The maximum Gasteiger partial charge on any atom is 0.212 e. The van der Waals surface area contributed by atoms with Crippen molar-refractivity contribution in [3.8, 4) is 5.75 Å². The number of hydrogen-bond acceptors (Lipinski definition) is 4. The van der Waals surface area contributed by atoms with E-state index in [9.17, 15) is 4.79 Å². The number of nitrogens with two attached hydrogens (primary N) is 1. The zero-order valence-electron chi connectivity index (χ0n) is 9.42. The summed E-state index contributed by atoms with van der Waals surface area (Å²) in [7, 11) is 0. The van der Waals surface area contributed by atoms with Crippen molar-refractivity contribution < 1.29 is 9.53 Å². The molecule has 1 aromatic carbocycles. The van der Waals surface area contributed by atoms with E-state index in [2.05, 4.69) is 0 Å². The van der Waals surface area contributed by atoms with Gasteiger partial charge in [0.1, 0.15) is 5.75 Å². The summed E-state index contributed by atoms with van der Waals surface area (Å²) in [6.07, 6.45) is -0.504. The lowest BCUT2D eigenvalue weighted by Crippen LogP contribution is -2.23. The number of rotatable bonds is 4. The average Bonchev–Trinajstić information content (AvgIpc) is 2.81. The lowest BCUT2D eigenvalue weighted by molar-refractivity contribution is 0.0822. The molecule has 2 rings (SSSR count). The molecule has 88 valence electrons. The molecule has 0 saturated heterocycles. The van der Waals surface area contributed by atoms with Crippen LogP contribution in [0.25, 0.3) is 0 Å². The van der Waals surface area contributed by atoms with Gasteiger partial charge in [0, 0.05) is 11.8 Å². The molecule has 3 nitrogen and oxygen atoms in total. The number of hydrogen-bond donors (Lipinski definition) is 1. The molecule has 1 aromatic heterocycles. The monoisotopic (exact) mass is 247 g/mol. The Morgan fingerprint density at radius 2 is 2.18 bits per heavy atom. The minimum absolute atomic E-state index is 0.0116. The van der Waals surface area contributed by atoms with E-state index in [-0.39, 0.29) is 5.78 Å². The van der Waals surface area contributed by atoms with Crippen LogP contribution in [-0.4, -0.2) is 11.9 Å². The second-order valence-electron chi connectivity index (χ2n) is 3.67. The van der Waals surface area contributed by atoms with E-state index >= 15 is 0 Å². The molecule has 0 amide bonds. The molecular weight excluding hydrogens is 234 g/mol. The summed E-state index contributed by atoms with van der Waals surface area (Å²) in [5.74, 6) is 0.602. The normalized spacial score (nSPS) is 12.1. The predicted molar refractivity (Wildman–Crippen MR) is 69.6 cm³/mol. The van der Waals surface area contributed by atoms with E-state index in [1.165, 1.54) is 11.3 Å². The highest BCUT2D eigenvalue weighted by atomic mass is 32.1. The molecule has 0 saturated carbocycles. The number of carbonyl (C=O) groups is 1. The highest BCUT2D eigenvalue weighted by molar-refractivity contribution is 7.12. The highest BCUT2D eigenvalue weighted by Gasteiger charge is 2.17. The van der Waals surface area contributed by atoms with Crippen LogP contribution in [0.5, 0.6) is 5.75 Å². The Morgan fingerprint density at radius 3 is 2.82 bits per heavy atom. The third kappa shape index (κ3) is 2.85. The second kappa shape index (κ2) is 5.01. The molecule has 1 unspecified atom stereocenters. The van der Waals surface area contributed by atoms with Crippen molar-refractivity contribution in [2.24, 2.45) is 0 Å². The van der Waals surface area contributed by atoms with Crippen LogP contribution in [0.2, 0.25) is 0 Å². The van der Waals surface area contributed by atoms with Crippen LogP contribution in [0.3, 0.4) is 0 Å². The Morgan fingerprint density at radius 1 is 1.35 bits per heavy atom. The van der Waals surface area contributed by atoms with Gasteiger partial charge in [-0.3, -0.25) is 4.79 Å². The molecule has 0 fully saturated rings. The molecule has 0 spiro atoms. The SMILES string of the molecule is CC(Oc1cccc(N)c1)C(=O)c1cccs1. The van der Waals surface area contributed by atoms with Crippen molar-refractivity contribution >= 4 is 22.8 Å². The fourth-order valence-electron chi connectivity index (χ4n) is 1.46. The molecule has 0 aliphatic heterocycles. The Balaban J connectivity index is 2.07. The van der Waals surface area contributed by atoms with Gasteiger partial charge in [-0.25, -0.2) is 0 Å². The molecule has 0 bridgehead atoms. The fraction of sp³-hybridized carbons (Fsp3) is 0.154. The van der Waals surface area contributed by atoms with Crippen LogP contribution in [0, 0.1) is 0 Å². The molecule has 17 heavy (non-hydrogen) atoms. The van der Waals surface area contributed by atoms with E-state index in [4.69, 9.17) is 10.5 Å². The number of Topliss-reactive ketones (excluding diaryl/α,β-unsaturated/α-hetero) is 1. The number of thiophene rings is 1. The standard InChI is InChI=1S/C13H13NO2S/c1-9(13(15)12-6-3-7-17-12)16-11-5-2-4-10(14)8-11/h2-9H,14H2,1H3. The van der Waals surface area contributed by atoms with Crippen LogP contribution < -0.4 is 10.5 Å². The summed E-state index contributed by atoms with van der Waals surface area (Å²) >= 11 is 1.42. The molecule has 1 heterocycles. The van der Waals surface area contributed by atoms with Gasteiger partial charge in [-0.2, -0.15) is 0 Å². The van der Waals surface area contributed by atoms with Crippen molar-refractivity contribution in [2.75, 3.05) is 5.73 Å². The van der Waals surface area contributed by atoms with Crippen molar-refractivity contribution in [1.82, 2.24) is 0 Å². The number of ketones is 1. The number of carbonyl (C=O) groups excluding carboxylic acids is 1. The number of nitrogen functional groups attached to an aromatic ring is 1. The third-order valence-corrected chi connectivity index (χ3v) is 3.19. The Labute approximate surface area is 104 Å². The average molecular weight is 247 g/mol. The first-order valence-electron chi connectivity index (χ1n) is 5.27. The molecule has 1 atom stereocenters. The lowest BCUT2D eigenvalue weighted by atomic mass is 10.2. The van der Waals surface area contributed by atoms with Gasteiger partial charge in [0.25, 0.3) is 0 Å². The first-order valence-corrected chi connectivity index (χ1v) is 6.14. The van der Waals surface area contributed by atoms with Crippen LogP contribution in [0.15, 0.2) is 41.8 Å². The highest BCUT2D eigenvalue weighted by Crippen LogP contribution is 2.18. The van der Waals surface area contributed by atoms with Gasteiger partial charge in [-0.05, 0) is 30.5 Å². The van der Waals surface area contributed by atoms with Crippen LogP contribution in [-0.2, 0) is 0 Å². The van der Waals surface area contributed by atoms with Gasteiger partial charge in [0.2, 0.25) is 5.78 Å². The number of anilines is 1. The molecule has 0 aliphatic carbocycles. The van der Waals surface area contributed by atoms with E-state index < -0.39 is 6.10 Å². The largest absolute Gasteiger partial charge is 0.482 e. The topological polar surface area (TPSA) is 52.3 Å². The maximum atomic E-state index is 11.9. The quantitative estimate of drug-likeness (QED) is 0.667. The van der Waals surface area contributed by atoms with Gasteiger partial charge in [0.15, 0.2) is 6.10 Å². The maximum absolute atomic E-state index is 11.9. The summed E-state index contributed by atoms with van der Waals surface area (Å²) in [4.78, 5) is 12.7. The summed E-state index contributed by atoms with van der Waals surface area (Å²) < 4.78 is 5.56. The Bertz CT molecular complexity index is 508. The smallest absolute Gasteiger partial charge is 0.212 e. The van der Waals surface area contributed by atoms with Gasteiger partial charge < -0.3 is 10.5 Å². The lowest BCUT2D eigenvalue weighted by Gasteiger charge is -2.12. The van der Waals surface area contributed by atoms with E-state index in [0.717, 1.165) is 0 Å². The summed E-state index contributed by atoms with van der Waals surface area (Å²) in [6, 6.07) is 10.7. The van der Waals surface area contributed by atoms with E-state index in [1.54, 1.807) is 37.3 Å². The molecule has 2 N–H and O–H groups in total. The van der Waals surface area contributed by atoms with Crippen molar-refractivity contribution in [3.05, 3.63) is 46.7 Å². The number of ether oxygens (including phenoxy) is 1. The summed E-state index contributed by atoms with van der Waals surface area (Å²) in [5, 5.41) is 1.88. The van der Waals surface area contributed by atoms with Crippen LogP contribution >= 0.6 is 11.3 Å².